The quantitative estimate of drug-likeness (QED) is 0.369. The molecule has 6 nitrogen and oxygen atoms in total. The van der Waals surface area contributed by atoms with Gasteiger partial charge in [0.25, 0.3) is 5.91 Å². The summed E-state index contributed by atoms with van der Waals surface area (Å²) in [6.45, 7) is 1.96. The molecule has 0 aliphatic rings. The van der Waals surface area contributed by atoms with Gasteiger partial charge < -0.3 is 10.1 Å². The predicted octanol–water partition coefficient (Wildman–Crippen LogP) is 5.56. The molecule has 6 heteroatoms. The van der Waals surface area contributed by atoms with Gasteiger partial charge in [0.2, 0.25) is 0 Å². The third-order valence-corrected chi connectivity index (χ3v) is 5.76. The van der Waals surface area contributed by atoms with Crippen LogP contribution in [0, 0.1) is 0 Å². The molecule has 0 bridgehead atoms. The number of para-hydroxylation sites is 1. The number of ether oxygens (including phenoxy) is 1. The van der Waals surface area contributed by atoms with Crippen LogP contribution in [0.4, 0.5) is 0 Å². The Kier molecular flexibility index (Phi) is 5.79. The minimum atomic E-state index is -0.252. The van der Waals surface area contributed by atoms with E-state index in [1.165, 1.54) is 0 Å². The normalized spacial score (nSPS) is 11.8. The maximum absolute atomic E-state index is 13.3. The first-order chi connectivity index (χ1) is 16.6. The van der Waals surface area contributed by atoms with Gasteiger partial charge in [-0.25, -0.2) is 9.50 Å². The molecule has 0 spiro atoms. The van der Waals surface area contributed by atoms with Gasteiger partial charge in [0.05, 0.1) is 24.5 Å². The van der Waals surface area contributed by atoms with Crippen molar-refractivity contribution in [3.05, 3.63) is 108 Å². The third-order valence-electron chi connectivity index (χ3n) is 5.76. The maximum Gasteiger partial charge on any atom is 0.270 e. The molecule has 0 unspecified atom stereocenters. The van der Waals surface area contributed by atoms with E-state index in [0.29, 0.717) is 17.1 Å². The van der Waals surface area contributed by atoms with Crippen LogP contribution in [0.15, 0.2) is 97.1 Å². The van der Waals surface area contributed by atoms with Crippen LogP contribution in [0.1, 0.15) is 29.0 Å². The zero-order valence-electron chi connectivity index (χ0n) is 19.0. The number of carbonyl (C=O) groups is 1. The Hall–Kier alpha value is -4.45. The first-order valence-electron chi connectivity index (χ1n) is 11.1. The van der Waals surface area contributed by atoms with Gasteiger partial charge in [-0.05, 0) is 30.7 Å². The van der Waals surface area contributed by atoms with E-state index in [1.807, 2.05) is 97.9 Å². The topological polar surface area (TPSA) is 68.5 Å². The van der Waals surface area contributed by atoms with Crippen LogP contribution in [0.5, 0.6) is 5.75 Å². The average molecular weight is 449 g/mol. The zero-order chi connectivity index (χ0) is 23.5. The lowest BCUT2D eigenvalue weighted by molar-refractivity contribution is 0.0935. The van der Waals surface area contributed by atoms with Gasteiger partial charge in [0, 0.05) is 17.2 Å². The minimum Gasteiger partial charge on any atom is -0.496 e. The summed E-state index contributed by atoms with van der Waals surface area (Å²) in [6.07, 6.45) is 0. The fourth-order valence-electron chi connectivity index (χ4n) is 3.98. The molecule has 0 saturated carbocycles. The highest BCUT2D eigenvalue weighted by Crippen LogP contribution is 2.31. The van der Waals surface area contributed by atoms with E-state index < -0.39 is 0 Å². The Balaban J connectivity index is 1.62. The van der Waals surface area contributed by atoms with Crippen molar-refractivity contribution >= 4 is 11.6 Å². The molecule has 0 aliphatic carbocycles. The molecule has 3 aromatic carbocycles. The second-order valence-corrected chi connectivity index (χ2v) is 8.00. The smallest absolute Gasteiger partial charge is 0.270 e. The molecule has 5 aromatic rings. The SMILES string of the molecule is COc1ccccc1-c1cc(C(=O)N[C@H](C)c2ccccc2)nc2cc(-c3ccccc3)nn12. The lowest BCUT2D eigenvalue weighted by Gasteiger charge is -2.15. The standard InChI is InChI=1S/C28H24N4O2/c1-19(20-11-5-3-6-12-20)29-28(33)24-17-25(22-15-9-10-16-26(22)34-2)32-27(30-24)18-23(31-32)21-13-7-4-8-14-21/h3-19H,1-2H3,(H,29,33)/t19-/m1/s1. The number of benzene rings is 3. The highest BCUT2D eigenvalue weighted by atomic mass is 16.5. The van der Waals surface area contributed by atoms with Crippen LogP contribution in [0.3, 0.4) is 0 Å². The minimum absolute atomic E-state index is 0.161. The highest BCUT2D eigenvalue weighted by Gasteiger charge is 2.19. The van der Waals surface area contributed by atoms with E-state index in [1.54, 1.807) is 17.7 Å². The van der Waals surface area contributed by atoms with Crippen LogP contribution >= 0.6 is 0 Å². The summed E-state index contributed by atoms with van der Waals surface area (Å²) >= 11 is 0. The van der Waals surface area contributed by atoms with Crippen molar-refractivity contribution in [3.63, 3.8) is 0 Å². The molecule has 0 aliphatic heterocycles. The summed E-state index contributed by atoms with van der Waals surface area (Å²) < 4.78 is 7.36. The molecule has 0 radical (unpaired) electrons. The van der Waals surface area contributed by atoms with E-state index in [0.717, 1.165) is 28.1 Å². The number of hydrogen-bond donors (Lipinski definition) is 1. The first kappa shape index (κ1) is 21.4. The molecule has 168 valence electrons. The third kappa shape index (κ3) is 4.13. The molecular weight excluding hydrogens is 424 g/mol. The van der Waals surface area contributed by atoms with Crippen LogP contribution in [-0.4, -0.2) is 27.6 Å². The average Bonchev–Trinajstić information content (AvgIpc) is 3.33. The van der Waals surface area contributed by atoms with Gasteiger partial charge in [-0.1, -0.05) is 72.8 Å². The number of hydrogen-bond acceptors (Lipinski definition) is 4. The van der Waals surface area contributed by atoms with Crippen molar-refractivity contribution in [3.8, 4) is 28.3 Å². The summed E-state index contributed by atoms with van der Waals surface area (Å²) in [5.74, 6) is 0.438. The molecule has 1 atom stereocenters. The molecule has 34 heavy (non-hydrogen) atoms. The zero-order valence-corrected chi connectivity index (χ0v) is 19.0. The summed E-state index contributed by atoms with van der Waals surface area (Å²) in [6, 6.07) is 30.9. The first-order valence-corrected chi connectivity index (χ1v) is 11.1. The number of rotatable bonds is 6. The van der Waals surface area contributed by atoms with Gasteiger partial charge >= 0.3 is 0 Å². The van der Waals surface area contributed by atoms with E-state index in [2.05, 4.69) is 10.3 Å². The van der Waals surface area contributed by atoms with Gasteiger partial charge in [-0.3, -0.25) is 4.79 Å². The Morgan fingerprint density at radius 2 is 1.59 bits per heavy atom. The molecule has 2 aromatic heterocycles. The molecule has 0 fully saturated rings. The Bertz CT molecular complexity index is 1450. The highest BCUT2D eigenvalue weighted by molar-refractivity contribution is 5.94. The number of nitrogens with one attached hydrogen (secondary N) is 1. The van der Waals surface area contributed by atoms with Gasteiger partial charge in [-0.15, -0.1) is 0 Å². The molecule has 1 N–H and O–H groups in total. The number of amides is 1. The van der Waals surface area contributed by atoms with E-state index >= 15 is 0 Å². The van der Waals surface area contributed by atoms with Crippen molar-refractivity contribution in [1.82, 2.24) is 19.9 Å². The van der Waals surface area contributed by atoms with Crippen molar-refractivity contribution in [1.29, 1.82) is 0 Å². The molecule has 5 rings (SSSR count). The van der Waals surface area contributed by atoms with Crippen molar-refractivity contribution in [2.24, 2.45) is 0 Å². The van der Waals surface area contributed by atoms with Gasteiger partial charge in [0.1, 0.15) is 11.4 Å². The maximum atomic E-state index is 13.3. The largest absolute Gasteiger partial charge is 0.496 e. The molecule has 0 saturated heterocycles. The summed E-state index contributed by atoms with van der Waals surface area (Å²) in [5.41, 5.74) is 5.22. The number of methoxy groups -OCH3 is 1. The van der Waals surface area contributed by atoms with Gasteiger partial charge in [-0.2, -0.15) is 5.10 Å². The molecule has 1 amide bonds. The van der Waals surface area contributed by atoms with Crippen molar-refractivity contribution in [2.45, 2.75) is 13.0 Å². The number of aromatic nitrogens is 3. The lowest BCUT2D eigenvalue weighted by Crippen LogP contribution is -2.27. The fraction of sp³-hybridized carbons (Fsp3) is 0.107. The fourth-order valence-corrected chi connectivity index (χ4v) is 3.98. The second kappa shape index (κ2) is 9.19. The monoisotopic (exact) mass is 448 g/mol. The molecule has 2 heterocycles. The number of nitrogens with zero attached hydrogens (tertiary/aromatic N) is 3. The number of fused-ring (bicyclic) bond motifs is 1. The van der Waals surface area contributed by atoms with Crippen LogP contribution < -0.4 is 10.1 Å². The van der Waals surface area contributed by atoms with E-state index in [-0.39, 0.29) is 11.9 Å². The van der Waals surface area contributed by atoms with Crippen LogP contribution in [0.2, 0.25) is 0 Å². The predicted molar refractivity (Wildman–Crippen MR) is 133 cm³/mol. The van der Waals surface area contributed by atoms with Crippen LogP contribution in [-0.2, 0) is 0 Å². The summed E-state index contributed by atoms with van der Waals surface area (Å²) in [7, 11) is 1.63. The van der Waals surface area contributed by atoms with Crippen molar-refractivity contribution in [2.75, 3.05) is 7.11 Å². The molecular formula is C28H24N4O2. The summed E-state index contributed by atoms with van der Waals surface area (Å²) in [4.78, 5) is 17.9. The second-order valence-electron chi connectivity index (χ2n) is 8.00. The van der Waals surface area contributed by atoms with Crippen LogP contribution in [0.25, 0.3) is 28.2 Å². The Morgan fingerprint density at radius 1 is 0.912 bits per heavy atom. The Morgan fingerprint density at radius 3 is 2.32 bits per heavy atom. The van der Waals surface area contributed by atoms with Crippen molar-refractivity contribution < 1.29 is 9.53 Å². The Labute approximate surface area is 197 Å². The number of carbonyl (C=O) groups excluding carboxylic acids is 1. The van der Waals surface area contributed by atoms with Gasteiger partial charge in [0.15, 0.2) is 5.65 Å². The van der Waals surface area contributed by atoms with E-state index in [9.17, 15) is 4.79 Å². The lowest BCUT2D eigenvalue weighted by atomic mass is 10.1. The van der Waals surface area contributed by atoms with E-state index in [4.69, 9.17) is 9.84 Å². The summed E-state index contributed by atoms with van der Waals surface area (Å²) in [5, 5.41) is 7.87.